The van der Waals surface area contributed by atoms with Gasteiger partial charge >= 0.3 is 12.0 Å². The second-order valence-corrected chi connectivity index (χ2v) is 5.07. The molecule has 0 aromatic rings. The SMILES string of the molecule is CC(NC(=O)N1CC(CO)OC(C)(C)C1)C(=O)O. The summed E-state index contributed by atoms with van der Waals surface area (Å²) >= 11 is 0. The molecular weight excluding hydrogens is 240 g/mol. The minimum Gasteiger partial charge on any atom is -0.480 e. The van der Waals surface area contributed by atoms with Gasteiger partial charge in [-0.05, 0) is 20.8 Å². The number of nitrogens with zero attached hydrogens (tertiary/aromatic N) is 1. The number of urea groups is 1. The number of nitrogens with one attached hydrogen (secondary N) is 1. The molecule has 1 rings (SSSR count). The fourth-order valence-corrected chi connectivity index (χ4v) is 1.88. The number of carboxylic acid groups (broad SMARTS) is 1. The van der Waals surface area contributed by atoms with Crippen LogP contribution in [0.1, 0.15) is 20.8 Å². The second kappa shape index (κ2) is 5.53. The van der Waals surface area contributed by atoms with Gasteiger partial charge in [0.15, 0.2) is 0 Å². The highest BCUT2D eigenvalue weighted by molar-refractivity contribution is 5.82. The third-order valence-electron chi connectivity index (χ3n) is 2.68. The molecule has 1 aliphatic rings. The van der Waals surface area contributed by atoms with Crippen LogP contribution in [0, 0.1) is 0 Å². The van der Waals surface area contributed by atoms with Crippen molar-refractivity contribution in [1.29, 1.82) is 0 Å². The molecule has 0 aromatic heterocycles. The van der Waals surface area contributed by atoms with E-state index in [4.69, 9.17) is 14.9 Å². The lowest BCUT2D eigenvalue weighted by Gasteiger charge is -2.42. The molecule has 0 aromatic carbocycles. The number of aliphatic hydroxyl groups is 1. The number of hydrogen-bond acceptors (Lipinski definition) is 4. The molecule has 18 heavy (non-hydrogen) atoms. The quantitative estimate of drug-likeness (QED) is 0.643. The van der Waals surface area contributed by atoms with Crippen LogP contribution in [0.3, 0.4) is 0 Å². The van der Waals surface area contributed by atoms with E-state index in [2.05, 4.69) is 5.32 Å². The van der Waals surface area contributed by atoms with Crippen LogP contribution in [0.25, 0.3) is 0 Å². The van der Waals surface area contributed by atoms with Crippen molar-refractivity contribution in [3.05, 3.63) is 0 Å². The highest BCUT2D eigenvalue weighted by Gasteiger charge is 2.35. The predicted octanol–water partition coefficient (Wildman–Crippen LogP) is -0.359. The van der Waals surface area contributed by atoms with Crippen molar-refractivity contribution < 1.29 is 24.5 Å². The van der Waals surface area contributed by atoms with Gasteiger partial charge in [0, 0.05) is 0 Å². The molecule has 0 spiro atoms. The number of carbonyl (C=O) groups excluding carboxylic acids is 1. The van der Waals surface area contributed by atoms with E-state index in [0.717, 1.165) is 0 Å². The number of aliphatic hydroxyl groups excluding tert-OH is 1. The van der Waals surface area contributed by atoms with Crippen molar-refractivity contribution in [3.63, 3.8) is 0 Å². The van der Waals surface area contributed by atoms with E-state index in [1.54, 1.807) is 0 Å². The Balaban J connectivity index is 2.64. The van der Waals surface area contributed by atoms with E-state index < -0.39 is 29.7 Å². The maximum Gasteiger partial charge on any atom is 0.325 e. The van der Waals surface area contributed by atoms with Crippen LogP contribution in [-0.2, 0) is 9.53 Å². The summed E-state index contributed by atoms with van der Waals surface area (Å²) in [5.41, 5.74) is -0.560. The monoisotopic (exact) mass is 260 g/mol. The number of carbonyl (C=O) groups is 2. The van der Waals surface area contributed by atoms with E-state index in [9.17, 15) is 9.59 Å². The molecule has 2 unspecified atom stereocenters. The van der Waals surface area contributed by atoms with Crippen LogP contribution >= 0.6 is 0 Å². The first-order valence-corrected chi connectivity index (χ1v) is 5.82. The molecule has 3 N–H and O–H groups in total. The van der Waals surface area contributed by atoms with Crippen LogP contribution < -0.4 is 5.32 Å². The molecule has 0 aliphatic carbocycles. The normalized spacial score (nSPS) is 24.4. The Hall–Kier alpha value is -1.34. The first kappa shape index (κ1) is 14.7. The number of amides is 2. The molecule has 7 heteroatoms. The Bertz CT molecular complexity index is 331. The van der Waals surface area contributed by atoms with Crippen LogP contribution in [0.5, 0.6) is 0 Å². The van der Waals surface area contributed by atoms with E-state index in [1.165, 1.54) is 11.8 Å². The van der Waals surface area contributed by atoms with Crippen molar-refractivity contribution in [3.8, 4) is 0 Å². The lowest BCUT2D eigenvalue weighted by atomic mass is 10.1. The minimum atomic E-state index is -1.09. The first-order valence-electron chi connectivity index (χ1n) is 5.82. The summed E-state index contributed by atoms with van der Waals surface area (Å²) in [6.07, 6.45) is -0.445. The summed E-state index contributed by atoms with van der Waals surface area (Å²) in [6.45, 7) is 5.45. The fourth-order valence-electron chi connectivity index (χ4n) is 1.88. The van der Waals surface area contributed by atoms with Gasteiger partial charge in [0.05, 0.1) is 31.4 Å². The minimum absolute atomic E-state index is 0.179. The van der Waals surface area contributed by atoms with Gasteiger partial charge in [0.25, 0.3) is 0 Å². The number of morpholine rings is 1. The molecular formula is C11H20N2O5. The van der Waals surface area contributed by atoms with Gasteiger partial charge in [-0.2, -0.15) is 0 Å². The van der Waals surface area contributed by atoms with Gasteiger partial charge in [-0.1, -0.05) is 0 Å². The van der Waals surface area contributed by atoms with E-state index >= 15 is 0 Å². The lowest BCUT2D eigenvalue weighted by Crippen LogP contribution is -2.59. The molecule has 104 valence electrons. The van der Waals surface area contributed by atoms with Crippen LogP contribution in [0.2, 0.25) is 0 Å². The smallest absolute Gasteiger partial charge is 0.325 e. The summed E-state index contributed by atoms with van der Waals surface area (Å²) in [6, 6.07) is -1.41. The first-order chi connectivity index (χ1) is 8.25. The van der Waals surface area contributed by atoms with Gasteiger partial charge in [-0.3, -0.25) is 4.79 Å². The van der Waals surface area contributed by atoms with Crippen molar-refractivity contribution in [2.24, 2.45) is 0 Å². The average molecular weight is 260 g/mol. The molecule has 1 saturated heterocycles. The second-order valence-electron chi connectivity index (χ2n) is 5.07. The van der Waals surface area contributed by atoms with E-state index in [-0.39, 0.29) is 13.2 Å². The zero-order valence-electron chi connectivity index (χ0n) is 10.8. The number of aliphatic carboxylic acids is 1. The highest BCUT2D eigenvalue weighted by atomic mass is 16.5. The average Bonchev–Trinajstić information content (AvgIpc) is 2.26. The Morgan fingerprint density at radius 1 is 1.56 bits per heavy atom. The predicted molar refractivity (Wildman–Crippen MR) is 63.2 cm³/mol. The summed E-state index contributed by atoms with van der Waals surface area (Å²) in [4.78, 5) is 24.0. The zero-order valence-corrected chi connectivity index (χ0v) is 10.8. The largest absolute Gasteiger partial charge is 0.480 e. The van der Waals surface area contributed by atoms with Crippen molar-refractivity contribution in [2.75, 3.05) is 19.7 Å². The van der Waals surface area contributed by atoms with Gasteiger partial charge in [0.2, 0.25) is 0 Å². The standard InChI is InChI=1S/C11H20N2O5/c1-7(9(15)16)12-10(17)13-4-8(5-14)18-11(2,3)6-13/h7-8,14H,4-6H2,1-3H3,(H,12,17)(H,15,16). The Morgan fingerprint density at radius 3 is 2.67 bits per heavy atom. The van der Waals surface area contributed by atoms with Crippen molar-refractivity contribution in [1.82, 2.24) is 10.2 Å². The van der Waals surface area contributed by atoms with E-state index in [0.29, 0.717) is 6.54 Å². The molecule has 2 atom stereocenters. The summed E-state index contributed by atoms with van der Waals surface area (Å²) in [5.74, 6) is -1.09. The molecule has 2 amide bonds. The summed E-state index contributed by atoms with van der Waals surface area (Å²) in [7, 11) is 0. The molecule has 1 heterocycles. The third kappa shape index (κ3) is 3.85. The zero-order chi connectivity index (χ0) is 13.9. The number of hydrogen-bond donors (Lipinski definition) is 3. The van der Waals surface area contributed by atoms with Gasteiger partial charge in [0.1, 0.15) is 6.04 Å². The van der Waals surface area contributed by atoms with E-state index in [1.807, 2.05) is 13.8 Å². The Labute approximate surface area is 106 Å². The van der Waals surface area contributed by atoms with Crippen molar-refractivity contribution >= 4 is 12.0 Å². The van der Waals surface area contributed by atoms with Gasteiger partial charge in [-0.15, -0.1) is 0 Å². The highest BCUT2D eigenvalue weighted by Crippen LogP contribution is 2.20. The summed E-state index contributed by atoms with van der Waals surface area (Å²) in [5, 5.41) is 20.2. The van der Waals surface area contributed by atoms with Crippen LogP contribution in [0.4, 0.5) is 4.79 Å². The van der Waals surface area contributed by atoms with Crippen LogP contribution in [0.15, 0.2) is 0 Å². The van der Waals surface area contributed by atoms with Crippen molar-refractivity contribution in [2.45, 2.75) is 38.5 Å². The Kier molecular flexibility index (Phi) is 4.53. The molecule has 1 aliphatic heterocycles. The molecule has 7 nitrogen and oxygen atoms in total. The topological polar surface area (TPSA) is 99.1 Å². The summed E-state index contributed by atoms with van der Waals surface area (Å²) < 4.78 is 5.57. The maximum atomic E-state index is 11.9. The number of ether oxygens (including phenoxy) is 1. The Morgan fingerprint density at radius 2 is 2.17 bits per heavy atom. The van der Waals surface area contributed by atoms with Gasteiger partial charge < -0.3 is 25.2 Å². The fraction of sp³-hybridized carbons (Fsp3) is 0.818. The number of carboxylic acids is 1. The molecule has 0 bridgehead atoms. The van der Waals surface area contributed by atoms with Gasteiger partial charge in [-0.25, -0.2) is 4.79 Å². The lowest BCUT2D eigenvalue weighted by molar-refractivity contribution is -0.141. The molecule has 0 radical (unpaired) electrons. The van der Waals surface area contributed by atoms with Crippen LogP contribution in [-0.4, -0.2) is 64.6 Å². The molecule has 1 fully saturated rings. The third-order valence-corrected chi connectivity index (χ3v) is 2.68. The maximum absolute atomic E-state index is 11.9. The molecule has 0 saturated carbocycles. The number of rotatable bonds is 3.